The molecule has 10 heteroatoms. The summed E-state index contributed by atoms with van der Waals surface area (Å²) in [5.41, 5.74) is 23.4. The van der Waals surface area contributed by atoms with Gasteiger partial charge in [0.15, 0.2) is 11.6 Å². The molecule has 0 fully saturated rings. The number of nitrogens with zero attached hydrogens (tertiary/aromatic N) is 9. The molecule has 0 radical (unpaired) electrons. The lowest BCUT2D eigenvalue weighted by Gasteiger charge is -2.12. The van der Waals surface area contributed by atoms with Gasteiger partial charge in [0.05, 0.1) is 66.1 Å². The predicted octanol–water partition coefficient (Wildman–Crippen LogP) is 26.2. The first-order valence-corrected chi connectivity index (χ1v) is 37.8. The molecular weight excluding hydrogens is 1370 g/mol. The summed E-state index contributed by atoms with van der Waals surface area (Å²) in [7, 11) is 0. The van der Waals surface area contributed by atoms with E-state index in [0.29, 0.717) is 11.6 Å². The SMILES string of the molecule is c1ccc(-c2ccc(-c3nc(-c4ccc5c(c4)ncc4ccccc45)nc4c3sc3ccccc34)cc2)cc1.c1ccc(-c2ccc(-c3nc(-c4ccc5c(c4)ncc4ccccc45)nc4ccccc34)cc2)cc1.c1ccc(-c2ccc(-c3nc4ccccc4nc3-c3ccc4c(c3)ncc3ccccc34)cc2)cc1. The summed E-state index contributed by atoms with van der Waals surface area (Å²) in [6, 6.07) is 126. The van der Waals surface area contributed by atoms with Crippen molar-refractivity contribution in [1.29, 1.82) is 0 Å². The van der Waals surface area contributed by atoms with Crippen molar-refractivity contribution in [2.24, 2.45) is 0 Å². The summed E-state index contributed by atoms with van der Waals surface area (Å²) in [6.07, 6.45) is 5.82. The van der Waals surface area contributed by atoms with Crippen LogP contribution in [0.1, 0.15) is 0 Å². The average molecular weight is 1430 g/mol. The minimum Gasteiger partial charge on any atom is -0.256 e. The number of hydrogen-bond donors (Lipinski definition) is 0. The van der Waals surface area contributed by atoms with Crippen LogP contribution in [0.4, 0.5) is 0 Å². The van der Waals surface area contributed by atoms with E-state index in [1.54, 1.807) is 11.3 Å². The van der Waals surface area contributed by atoms with Crippen LogP contribution in [0.3, 0.4) is 0 Å². The Hall–Kier alpha value is -14.7. The zero-order chi connectivity index (χ0) is 73.6. The van der Waals surface area contributed by atoms with Crippen molar-refractivity contribution in [3.63, 3.8) is 0 Å². The molecule has 9 nitrogen and oxygen atoms in total. The van der Waals surface area contributed by atoms with Crippen molar-refractivity contribution in [2.75, 3.05) is 0 Å². The van der Waals surface area contributed by atoms with Crippen LogP contribution in [-0.2, 0) is 0 Å². The molecule has 22 aromatic rings. The zero-order valence-electron chi connectivity index (χ0n) is 59.8. The number of thiophene rings is 1. The molecule has 0 amide bonds. The zero-order valence-corrected chi connectivity index (χ0v) is 60.6. The molecule has 0 N–H and O–H groups in total. The molecule has 0 aliphatic rings. The molecule has 0 aliphatic heterocycles. The molecule has 0 spiro atoms. The Labute approximate surface area is 643 Å². The fourth-order valence-corrected chi connectivity index (χ4v) is 16.3. The standard InChI is InChI=1S/C35H21N3S.2C33H21N3/c1-2-8-22(9-3-1)23-14-16-24(17-15-23)32-34-33(29-12-6-7-13-31(29)39-34)38-35(37-32)25-18-19-28-27-11-5-4-10-26(27)21-36-30(28)20-25;1-2-8-22(9-3-1)23-14-16-24(17-15-23)32-33(36-30-13-7-6-12-29(30)35-32)25-18-19-28-27-11-5-4-10-26(27)21-34-31(28)20-25;1-2-8-22(9-3-1)23-14-16-24(17-15-23)32-29-12-6-7-13-30(29)35-33(36-32)25-18-19-28-27-11-5-4-10-26(27)21-34-31(28)20-25/h1-21H;2*1-21H. The molecule has 15 aromatic carbocycles. The fraction of sp³-hybridized carbons (Fsp3) is 0. The summed E-state index contributed by atoms with van der Waals surface area (Å²) in [5, 5.41) is 12.6. The van der Waals surface area contributed by atoms with Crippen LogP contribution < -0.4 is 0 Å². The van der Waals surface area contributed by atoms with Crippen LogP contribution in [0, 0.1) is 0 Å². The molecule has 0 saturated carbocycles. The van der Waals surface area contributed by atoms with Crippen LogP contribution in [0.25, 0.3) is 208 Å². The lowest BCUT2D eigenvalue weighted by molar-refractivity contribution is 1.23. The maximum atomic E-state index is 5.18. The number of hydrogen-bond acceptors (Lipinski definition) is 10. The minimum atomic E-state index is 0.702. The molecule has 0 atom stereocenters. The maximum absolute atomic E-state index is 5.18. The van der Waals surface area contributed by atoms with E-state index in [4.69, 9.17) is 44.9 Å². The van der Waals surface area contributed by atoms with Gasteiger partial charge < -0.3 is 0 Å². The Balaban J connectivity index is 0.000000109. The highest BCUT2D eigenvalue weighted by Gasteiger charge is 2.20. The molecular formula is C101H63N9S. The van der Waals surface area contributed by atoms with E-state index in [0.717, 1.165) is 143 Å². The Kier molecular flexibility index (Phi) is 16.9. The molecule has 7 heterocycles. The highest BCUT2D eigenvalue weighted by Crippen LogP contribution is 2.42. The van der Waals surface area contributed by atoms with E-state index in [1.165, 1.54) is 54.2 Å². The van der Waals surface area contributed by atoms with Gasteiger partial charge in [0.1, 0.15) is 0 Å². The first-order valence-electron chi connectivity index (χ1n) is 37.0. The van der Waals surface area contributed by atoms with Gasteiger partial charge in [-0.3, -0.25) is 15.0 Å². The number of rotatable bonds is 9. The molecule has 518 valence electrons. The van der Waals surface area contributed by atoms with Crippen LogP contribution in [0.5, 0.6) is 0 Å². The molecule has 0 unspecified atom stereocenters. The van der Waals surface area contributed by atoms with Gasteiger partial charge in [-0.25, -0.2) is 29.9 Å². The van der Waals surface area contributed by atoms with Crippen molar-refractivity contribution >= 4 is 119 Å². The van der Waals surface area contributed by atoms with E-state index in [2.05, 4.69) is 291 Å². The second-order valence-electron chi connectivity index (χ2n) is 27.6. The molecule has 0 bridgehead atoms. The van der Waals surface area contributed by atoms with Crippen LogP contribution in [0.15, 0.2) is 383 Å². The van der Waals surface area contributed by atoms with Gasteiger partial charge in [-0.05, 0) is 92.0 Å². The lowest BCUT2D eigenvalue weighted by atomic mass is 9.98. The van der Waals surface area contributed by atoms with Gasteiger partial charge in [0, 0.05) is 99.8 Å². The number of pyridine rings is 3. The Morgan fingerprint density at radius 2 is 0.505 bits per heavy atom. The van der Waals surface area contributed by atoms with Gasteiger partial charge in [-0.2, -0.15) is 0 Å². The van der Waals surface area contributed by atoms with E-state index in [1.807, 2.05) is 91.4 Å². The van der Waals surface area contributed by atoms with Crippen molar-refractivity contribution in [3.05, 3.63) is 383 Å². The number of aromatic nitrogens is 9. The summed E-state index contributed by atoms with van der Waals surface area (Å²) < 4.78 is 2.32. The van der Waals surface area contributed by atoms with Gasteiger partial charge in [-0.15, -0.1) is 11.3 Å². The van der Waals surface area contributed by atoms with Gasteiger partial charge >= 0.3 is 0 Å². The van der Waals surface area contributed by atoms with Gasteiger partial charge in [0.2, 0.25) is 0 Å². The highest BCUT2D eigenvalue weighted by molar-refractivity contribution is 7.26. The van der Waals surface area contributed by atoms with Gasteiger partial charge in [-0.1, -0.05) is 322 Å². The van der Waals surface area contributed by atoms with E-state index < -0.39 is 0 Å². The fourth-order valence-electron chi connectivity index (χ4n) is 15.1. The van der Waals surface area contributed by atoms with E-state index in [9.17, 15) is 0 Å². The van der Waals surface area contributed by atoms with Crippen LogP contribution in [0.2, 0.25) is 0 Å². The van der Waals surface area contributed by atoms with Crippen LogP contribution >= 0.6 is 11.3 Å². The smallest absolute Gasteiger partial charge is 0.160 e. The number of para-hydroxylation sites is 3. The summed E-state index contributed by atoms with van der Waals surface area (Å²) in [5.74, 6) is 1.41. The second kappa shape index (κ2) is 28.5. The molecule has 111 heavy (non-hydrogen) atoms. The Bertz CT molecular complexity index is 7300. The largest absolute Gasteiger partial charge is 0.256 e. The van der Waals surface area contributed by atoms with Crippen molar-refractivity contribution < 1.29 is 0 Å². The predicted molar refractivity (Wildman–Crippen MR) is 461 cm³/mol. The summed E-state index contributed by atoms with van der Waals surface area (Å²) in [4.78, 5) is 44.7. The number of benzene rings is 15. The van der Waals surface area contributed by atoms with Crippen molar-refractivity contribution in [2.45, 2.75) is 0 Å². The molecule has 7 aromatic heterocycles. The second-order valence-corrected chi connectivity index (χ2v) is 28.6. The monoisotopic (exact) mass is 1430 g/mol. The lowest BCUT2D eigenvalue weighted by Crippen LogP contribution is -1.96. The highest BCUT2D eigenvalue weighted by atomic mass is 32.1. The van der Waals surface area contributed by atoms with Gasteiger partial charge in [0.25, 0.3) is 0 Å². The van der Waals surface area contributed by atoms with E-state index in [-0.39, 0.29) is 0 Å². The average Bonchev–Trinajstić information content (AvgIpc) is 1.69. The number of fused-ring (bicyclic) bond motifs is 14. The van der Waals surface area contributed by atoms with E-state index >= 15 is 0 Å². The first-order chi connectivity index (χ1) is 55.0. The molecule has 0 aliphatic carbocycles. The van der Waals surface area contributed by atoms with Crippen LogP contribution in [-0.4, -0.2) is 44.9 Å². The normalized spacial score (nSPS) is 11.4. The third-order valence-electron chi connectivity index (χ3n) is 20.8. The topological polar surface area (TPSA) is 116 Å². The molecule has 0 saturated heterocycles. The third-order valence-corrected chi connectivity index (χ3v) is 21.9. The summed E-state index contributed by atoms with van der Waals surface area (Å²) in [6.45, 7) is 0. The quantitative estimate of drug-likeness (QED) is 0.130. The third kappa shape index (κ3) is 12.7. The van der Waals surface area contributed by atoms with Crippen molar-refractivity contribution in [3.8, 4) is 101 Å². The van der Waals surface area contributed by atoms with Crippen molar-refractivity contribution in [1.82, 2.24) is 44.9 Å². The Morgan fingerprint density at radius 3 is 0.982 bits per heavy atom. The Morgan fingerprint density at radius 1 is 0.180 bits per heavy atom. The minimum absolute atomic E-state index is 0.702. The first kappa shape index (κ1) is 65.8. The molecule has 22 rings (SSSR count). The summed E-state index contributed by atoms with van der Waals surface area (Å²) >= 11 is 1.75. The maximum Gasteiger partial charge on any atom is 0.160 e.